The minimum Gasteiger partial charge on any atom is -0.471 e. The van der Waals surface area contributed by atoms with Crippen molar-refractivity contribution in [2.75, 3.05) is 6.61 Å². The Hall–Kier alpha value is -3.31. The van der Waals surface area contributed by atoms with E-state index in [0.29, 0.717) is 23.1 Å². The predicted octanol–water partition coefficient (Wildman–Crippen LogP) is 5.28. The lowest BCUT2D eigenvalue weighted by molar-refractivity contribution is -0.386. The molecule has 0 unspecified atom stereocenters. The van der Waals surface area contributed by atoms with Crippen LogP contribution in [0, 0.1) is 10.1 Å². The molecular weight excluding hydrogens is 556 g/mol. The van der Waals surface area contributed by atoms with Crippen molar-refractivity contribution in [3.63, 3.8) is 0 Å². The van der Waals surface area contributed by atoms with Crippen molar-refractivity contribution in [1.29, 1.82) is 0 Å². The first-order valence-corrected chi connectivity index (χ1v) is 12.4. The van der Waals surface area contributed by atoms with E-state index in [4.69, 9.17) is 21.1 Å². The molecular formula is C24H24BrClN4O6. The number of nitro benzene ring substituents is 1. The number of benzene rings is 2. The van der Waals surface area contributed by atoms with Crippen LogP contribution < -0.4 is 10.3 Å². The van der Waals surface area contributed by atoms with E-state index in [1.807, 2.05) is 6.92 Å². The van der Waals surface area contributed by atoms with Crippen LogP contribution in [0.3, 0.4) is 0 Å². The molecule has 3 aromatic rings. The Morgan fingerprint density at radius 2 is 2.08 bits per heavy atom. The van der Waals surface area contributed by atoms with Crippen molar-refractivity contribution in [3.05, 3.63) is 71.7 Å². The summed E-state index contributed by atoms with van der Waals surface area (Å²) in [7, 11) is 0. The van der Waals surface area contributed by atoms with Crippen molar-refractivity contribution in [2.24, 2.45) is 5.10 Å². The maximum atomic E-state index is 13.2. The molecule has 1 aromatic heterocycles. The molecule has 0 aliphatic heterocycles. The van der Waals surface area contributed by atoms with Gasteiger partial charge >= 0.3 is 11.7 Å². The zero-order valence-corrected chi connectivity index (χ0v) is 22.2. The molecule has 0 spiro atoms. The lowest BCUT2D eigenvalue weighted by Gasteiger charge is -2.15. The van der Waals surface area contributed by atoms with Gasteiger partial charge in [-0.15, -0.1) is 0 Å². The molecule has 0 saturated heterocycles. The molecule has 190 valence electrons. The highest BCUT2D eigenvalue weighted by atomic mass is 79.9. The fraction of sp³-hybridized carbons (Fsp3) is 0.333. The minimum absolute atomic E-state index is 0.0964. The van der Waals surface area contributed by atoms with E-state index < -0.39 is 22.7 Å². The van der Waals surface area contributed by atoms with Crippen molar-refractivity contribution >= 4 is 56.3 Å². The molecule has 0 aliphatic carbocycles. The zero-order valence-electron chi connectivity index (χ0n) is 19.9. The molecule has 12 heteroatoms. The smallest absolute Gasteiger partial charge is 0.347 e. The van der Waals surface area contributed by atoms with Crippen LogP contribution in [0.5, 0.6) is 5.75 Å². The number of carbonyl (C=O) groups excluding carboxylic acids is 1. The van der Waals surface area contributed by atoms with E-state index in [1.165, 1.54) is 29.9 Å². The molecule has 36 heavy (non-hydrogen) atoms. The van der Waals surface area contributed by atoms with Gasteiger partial charge in [0.2, 0.25) is 5.75 Å². The highest BCUT2D eigenvalue weighted by Gasteiger charge is 2.25. The van der Waals surface area contributed by atoms with E-state index in [1.54, 1.807) is 25.1 Å². The Balaban J connectivity index is 2.05. The highest BCUT2D eigenvalue weighted by molar-refractivity contribution is 9.10. The number of aryl methyl sites for hydroxylation is 1. The molecule has 0 aliphatic rings. The Kier molecular flexibility index (Phi) is 9.16. The molecule has 0 fully saturated rings. The van der Waals surface area contributed by atoms with Crippen LogP contribution in [-0.4, -0.2) is 39.5 Å². The lowest BCUT2D eigenvalue weighted by atomic mass is 10.2. The second kappa shape index (κ2) is 12.1. The quantitative estimate of drug-likeness (QED) is 0.138. The normalized spacial score (nSPS) is 12.1. The maximum absolute atomic E-state index is 13.2. The molecule has 0 N–H and O–H groups in total. The van der Waals surface area contributed by atoms with Crippen LogP contribution in [0.2, 0.25) is 5.02 Å². The highest BCUT2D eigenvalue weighted by Crippen LogP contribution is 2.36. The van der Waals surface area contributed by atoms with Crippen molar-refractivity contribution in [3.8, 4) is 5.75 Å². The minimum atomic E-state index is -1.11. The number of rotatable bonds is 10. The Morgan fingerprint density at radius 1 is 1.33 bits per heavy atom. The maximum Gasteiger partial charge on any atom is 0.347 e. The summed E-state index contributed by atoms with van der Waals surface area (Å²) in [5.74, 6) is -0.475. The summed E-state index contributed by atoms with van der Waals surface area (Å²) in [4.78, 5) is 40.7. The van der Waals surface area contributed by atoms with Crippen LogP contribution in [0.25, 0.3) is 10.9 Å². The first-order valence-electron chi connectivity index (χ1n) is 11.2. The number of nitrogens with zero attached hydrogens (tertiary/aromatic N) is 4. The third-order valence-corrected chi connectivity index (χ3v) is 5.88. The molecule has 0 bridgehead atoms. The SMILES string of the molecule is CCCCc1nc2ccc(Br)cc2c(=O)n1N=Cc1cc(Cl)c(O[C@H](C)C(=O)OCC)c([N+](=O)[O-])c1. The van der Waals surface area contributed by atoms with Gasteiger partial charge in [-0.05, 0) is 44.5 Å². The number of hydrogen-bond donors (Lipinski definition) is 0. The van der Waals surface area contributed by atoms with Gasteiger partial charge in [-0.1, -0.05) is 40.9 Å². The molecule has 0 saturated carbocycles. The summed E-state index contributed by atoms with van der Waals surface area (Å²) in [5.41, 5.74) is -0.0196. The number of esters is 1. The number of hydrogen-bond acceptors (Lipinski definition) is 8. The van der Waals surface area contributed by atoms with E-state index in [-0.39, 0.29) is 28.5 Å². The van der Waals surface area contributed by atoms with Crippen molar-refractivity contribution < 1.29 is 19.2 Å². The van der Waals surface area contributed by atoms with Gasteiger partial charge in [0.25, 0.3) is 5.56 Å². The molecule has 1 atom stereocenters. The largest absolute Gasteiger partial charge is 0.471 e. The Bertz CT molecular complexity index is 1390. The van der Waals surface area contributed by atoms with Gasteiger partial charge in [-0.3, -0.25) is 14.9 Å². The van der Waals surface area contributed by atoms with Gasteiger partial charge in [0.05, 0.1) is 33.7 Å². The fourth-order valence-corrected chi connectivity index (χ4v) is 3.97. The van der Waals surface area contributed by atoms with E-state index >= 15 is 0 Å². The molecule has 10 nitrogen and oxygen atoms in total. The number of aromatic nitrogens is 2. The summed E-state index contributed by atoms with van der Waals surface area (Å²) >= 11 is 9.65. The van der Waals surface area contributed by atoms with Crippen LogP contribution in [0.4, 0.5) is 5.69 Å². The first-order chi connectivity index (χ1) is 17.2. The van der Waals surface area contributed by atoms with Gasteiger partial charge in [0.15, 0.2) is 6.10 Å². The van der Waals surface area contributed by atoms with Crippen LogP contribution >= 0.6 is 27.5 Å². The zero-order chi connectivity index (χ0) is 26.4. The summed E-state index contributed by atoms with van der Waals surface area (Å²) in [5, 5.41) is 16.3. The number of nitro groups is 1. The Morgan fingerprint density at radius 3 is 2.75 bits per heavy atom. The van der Waals surface area contributed by atoms with Crippen LogP contribution in [0.1, 0.15) is 45.0 Å². The third-order valence-electron chi connectivity index (χ3n) is 5.11. The summed E-state index contributed by atoms with van der Waals surface area (Å²) in [6.07, 6.45) is 2.40. The van der Waals surface area contributed by atoms with Gasteiger partial charge in [0, 0.05) is 22.5 Å². The predicted molar refractivity (Wildman–Crippen MR) is 140 cm³/mol. The first kappa shape index (κ1) is 27.3. The fourth-order valence-electron chi connectivity index (χ4n) is 3.35. The van der Waals surface area contributed by atoms with E-state index in [9.17, 15) is 19.7 Å². The second-order valence-electron chi connectivity index (χ2n) is 7.77. The van der Waals surface area contributed by atoms with Crippen LogP contribution in [-0.2, 0) is 16.0 Å². The van der Waals surface area contributed by atoms with E-state index in [0.717, 1.165) is 17.3 Å². The topological polar surface area (TPSA) is 126 Å². The number of halogens is 2. The van der Waals surface area contributed by atoms with Gasteiger partial charge in [-0.2, -0.15) is 9.78 Å². The standard InChI is InChI=1S/C24H24BrClN4O6/c1-4-6-7-21-28-19-9-8-16(25)12-17(19)23(31)29(21)27-13-15-10-18(26)22(20(11-15)30(33)34)36-14(3)24(32)35-5-2/h8-14H,4-7H2,1-3H3/t14-/m1/s1. The van der Waals surface area contributed by atoms with Crippen molar-refractivity contribution in [2.45, 2.75) is 46.1 Å². The number of unbranched alkanes of at least 4 members (excludes halogenated alkanes) is 1. The molecule has 0 amide bonds. The van der Waals surface area contributed by atoms with Crippen molar-refractivity contribution in [1.82, 2.24) is 9.66 Å². The molecule has 0 radical (unpaired) electrons. The van der Waals surface area contributed by atoms with Gasteiger partial charge < -0.3 is 9.47 Å². The third kappa shape index (κ3) is 6.27. The molecule has 1 heterocycles. The second-order valence-corrected chi connectivity index (χ2v) is 9.10. The van der Waals surface area contributed by atoms with Crippen LogP contribution in [0.15, 0.2) is 44.7 Å². The number of carbonyl (C=O) groups is 1. The molecule has 2 aromatic carbocycles. The average Bonchev–Trinajstić information content (AvgIpc) is 2.83. The lowest BCUT2D eigenvalue weighted by Crippen LogP contribution is -2.26. The Labute approximate surface area is 220 Å². The summed E-state index contributed by atoms with van der Waals surface area (Å²) in [6.45, 7) is 5.20. The van der Waals surface area contributed by atoms with Gasteiger partial charge in [0.1, 0.15) is 5.82 Å². The van der Waals surface area contributed by atoms with E-state index in [2.05, 4.69) is 26.0 Å². The average molecular weight is 580 g/mol. The summed E-state index contributed by atoms with van der Waals surface area (Å²) in [6, 6.07) is 7.82. The summed E-state index contributed by atoms with van der Waals surface area (Å²) < 4.78 is 12.2. The monoisotopic (exact) mass is 578 g/mol. The molecule has 3 rings (SSSR count). The number of ether oxygens (including phenoxy) is 2. The number of fused-ring (bicyclic) bond motifs is 1. The van der Waals surface area contributed by atoms with Gasteiger partial charge in [-0.25, -0.2) is 9.78 Å².